The number of nitrogens with one attached hydrogen (secondary N) is 1. The van der Waals surface area contributed by atoms with Crippen molar-refractivity contribution in [3.8, 4) is 22.9 Å². The van der Waals surface area contributed by atoms with Crippen LogP contribution in [-0.4, -0.2) is 28.0 Å². The second kappa shape index (κ2) is 7.21. The predicted octanol–water partition coefficient (Wildman–Crippen LogP) is 4.16. The van der Waals surface area contributed by atoms with E-state index in [1.807, 2.05) is 48.5 Å². The van der Waals surface area contributed by atoms with E-state index in [-0.39, 0.29) is 0 Å². The molecule has 1 aliphatic rings. The summed E-state index contributed by atoms with van der Waals surface area (Å²) < 4.78 is 11.6. The van der Waals surface area contributed by atoms with Crippen molar-refractivity contribution >= 4 is 17.4 Å². The molecule has 6 nitrogen and oxygen atoms in total. The Bertz CT molecular complexity index is 935. The third kappa shape index (κ3) is 3.17. The minimum Gasteiger partial charge on any atom is -0.497 e. The molecule has 1 atom stereocenters. The Hall–Kier alpha value is -2.80. The molecule has 0 saturated heterocycles. The number of methoxy groups -OCH3 is 1. The molecule has 0 aliphatic carbocycles. The van der Waals surface area contributed by atoms with Crippen molar-refractivity contribution in [3.63, 3.8) is 0 Å². The minimum atomic E-state index is -0.413. The van der Waals surface area contributed by atoms with Crippen molar-refractivity contribution in [3.05, 3.63) is 54.1 Å². The Labute approximate surface area is 156 Å². The summed E-state index contributed by atoms with van der Waals surface area (Å²) in [7, 11) is 1.65. The lowest BCUT2D eigenvalue weighted by Crippen LogP contribution is -2.17. The highest BCUT2D eigenvalue weighted by atomic mass is 32.2. The van der Waals surface area contributed by atoms with Crippen LogP contribution in [0.25, 0.3) is 11.3 Å². The highest BCUT2D eigenvalue weighted by molar-refractivity contribution is 7.99. The number of rotatable bonds is 4. The fourth-order valence-electron chi connectivity index (χ4n) is 2.79. The highest BCUT2D eigenvalue weighted by Crippen LogP contribution is 2.39. The van der Waals surface area contributed by atoms with Gasteiger partial charge in [-0.3, -0.25) is 0 Å². The first-order chi connectivity index (χ1) is 12.8. The summed E-state index contributed by atoms with van der Waals surface area (Å²) in [5.74, 6) is 2.11. The van der Waals surface area contributed by atoms with Gasteiger partial charge in [-0.05, 0) is 24.0 Å². The average Bonchev–Trinajstić information content (AvgIpc) is 2.85. The molecule has 4 rings (SSSR count). The molecule has 7 heteroatoms. The zero-order chi connectivity index (χ0) is 17.9. The molecule has 1 aliphatic heterocycles. The first-order valence-electron chi connectivity index (χ1n) is 8.32. The van der Waals surface area contributed by atoms with Crippen molar-refractivity contribution in [1.82, 2.24) is 15.2 Å². The number of nitrogens with zero attached hydrogens (tertiary/aromatic N) is 3. The number of thioether (sulfide) groups is 1. The van der Waals surface area contributed by atoms with Gasteiger partial charge in [0.05, 0.1) is 7.11 Å². The van der Waals surface area contributed by atoms with Crippen LogP contribution < -0.4 is 14.8 Å². The second-order valence-electron chi connectivity index (χ2n) is 5.65. The van der Waals surface area contributed by atoms with Crippen LogP contribution in [0.4, 0.5) is 5.69 Å². The maximum absolute atomic E-state index is 6.22. The third-order valence-corrected chi connectivity index (χ3v) is 4.72. The molecule has 0 spiro atoms. The van der Waals surface area contributed by atoms with Crippen LogP contribution in [-0.2, 0) is 0 Å². The molecule has 2 aromatic carbocycles. The summed E-state index contributed by atoms with van der Waals surface area (Å²) in [6.45, 7) is 2.05. The van der Waals surface area contributed by atoms with Gasteiger partial charge in [0.15, 0.2) is 11.9 Å². The highest BCUT2D eigenvalue weighted by Gasteiger charge is 2.26. The lowest BCUT2D eigenvalue weighted by Gasteiger charge is -2.19. The molecule has 0 radical (unpaired) electrons. The summed E-state index contributed by atoms with van der Waals surface area (Å²) >= 11 is 1.53. The Morgan fingerprint density at radius 2 is 2.04 bits per heavy atom. The van der Waals surface area contributed by atoms with Crippen LogP contribution in [0, 0.1) is 0 Å². The van der Waals surface area contributed by atoms with Gasteiger partial charge in [0, 0.05) is 16.8 Å². The molecular weight excluding hydrogens is 348 g/mol. The molecule has 0 unspecified atom stereocenters. The number of para-hydroxylation sites is 1. The average molecular weight is 366 g/mol. The van der Waals surface area contributed by atoms with Gasteiger partial charge in [-0.1, -0.05) is 49.0 Å². The van der Waals surface area contributed by atoms with Gasteiger partial charge in [0.2, 0.25) is 11.0 Å². The lowest BCUT2D eigenvalue weighted by molar-refractivity contribution is 0.224. The van der Waals surface area contributed by atoms with Gasteiger partial charge in [-0.15, -0.1) is 10.2 Å². The maximum atomic E-state index is 6.22. The van der Waals surface area contributed by atoms with Crippen molar-refractivity contribution in [2.24, 2.45) is 0 Å². The summed E-state index contributed by atoms with van der Waals surface area (Å²) in [5.41, 5.74) is 3.42. The monoisotopic (exact) mass is 366 g/mol. The molecule has 132 valence electrons. The molecule has 0 saturated carbocycles. The first-order valence-corrected chi connectivity index (χ1v) is 9.31. The molecule has 2 heterocycles. The van der Waals surface area contributed by atoms with E-state index in [1.54, 1.807) is 7.11 Å². The van der Waals surface area contributed by atoms with Crippen LogP contribution in [0.2, 0.25) is 0 Å². The van der Waals surface area contributed by atoms with Crippen molar-refractivity contribution in [2.75, 3.05) is 18.2 Å². The summed E-state index contributed by atoms with van der Waals surface area (Å²) in [6.07, 6.45) is -0.413. The summed E-state index contributed by atoms with van der Waals surface area (Å²) in [4.78, 5) is 4.58. The molecule has 0 amide bonds. The van der Waals surface area contributed by atoms with Crippen molar-refractivity contribution < 1.29 is 9.47 Å². The Morgan fingerprint density at radius 3 is 2.88 bits per heavy atom. The van der Waals surface area contributed by atoms with Crippen LogP contribution in [0.15, 0.2) is 53.7 Å². The molecule has 1 N–H and O–H groups in total. The smallest absolute Gasteiger partial charge is 0.247 e. The van der Waals surface area contributed by atoms with Crippen LogP contribution in [0.3, 0.4) is 0 Å². The largest absolute Gasteiger partial charge is 0.497 e. The molecule has 26 heavy (non-hydrogen) atoms. The molecule has 0 fully saturated rings. The molecule has 0 bridgehead atoms. The van der Waals surface area contributed by atoms with E-state index >= 15 is 0 Å². The molecule has 1 aromatic heterocycles. The number of fused-ring (bicyclic) bond motifs is 3. The third-order valence-electron chi connectivity index (χ3n) is 4.00. The standard InChI is InChI=1S/C19H18N4O2S/c1-3-26-19-21-18-16(22-23-19)14-9-4-5-10-15(14)20-17(25-18)12-7-6-8-13(11-12)24-2/h4-11,17,20H,3H2,1-2H3/t17-/m1/s1. The van der Waals surface area contributed by atoms with E-state index in [2.05, 4.69) is 27.4 Å². The Balaban J connectivity index is 1.82. The van der Waals surface area contributed by atoms with E-state index < -0.39 is 6.23 Å². The van der Waals surface area contributed by atoms with Gasteiger partial charge in [-0.25, -0.2) is 0 Å². The number of ether oxygens (including phenoxy) is 2. The maximum Gasteiger partial charge on any atom is 0.247 e. The Kier molecular flexibility index (Phi) is 4.62. The number of hydrogen-bond donors (Lipinski definition) is 1. The Morgan fingerprint density at radius 1 is 1.15 bits per heavy atom. The topological polar surface area (TPSA) is 69.2 Å². The second-order valence-corrected chi connectivity index (χ2v) is 6.88. The SMILES string of the molecule is CCSc1nnc2c(n1)O[C@H](c1cccc(OC)c1)Nc1ccccc1-2. The normalized spacial score (nSPS) is 15.1. The number of benzene rings is 2. The van der Waals surface area contributed by atoms with E-state index in [9.17, 15) is 0 Å². The summed E-state index contributed by atoms with van der Waals surface area (Å²) in [6, 6.07) is 15.7. The molecular formula is C19H18N4O2S. The van der Waals surface area contributed by atoms with Crippen molar-refractivity contribution in [1.29, 1.82) is 0 Å². The molecule has 3 aromatic rings. The number of anilines is 1. The zero-order valence-electron chi connectivity index (χ0n) is 14.5. The van der Waals surface area contributed by atoms with Crippen molar-refractivity contribution in [2.45, 2.75) is 18.3 Å². The first kappa shape index (κ1) is 16.7. The fourth-order valence-corrected chi connectivity index (χ4v) is 3.30. The van der Waals surface area contributed by atoms with Crippen LogP contribution in [0.1, 0.15) is 18.7 Å². The fraction of sp³-hybridized carbons (Fsp3) is 0.211. The van der Waals surface area contributed by atoms with Gasteiger partial charge >= 0.3 is 0 Å². The summed E-state index contributed by atoms with van der Waals surface area (Å²) in [5, 5.41) is 12.6. The van der Waals surface area contributed by atoms with E-state index in [4.69, 9.17) is 9.47 Å². The van der Waals surface area contributed by atoms with Crippen LogP contribution in [0.5, 0.6) is 11.6 Å². The van der Waals surface area contributed by atoms with E-state index in [1.165, 1.54) is 11.8 Å². The van der Waals surface area contributed by atoms with E-state index in [0.29, 0.717) is 16.7 Å². The quantitative estimate of drug-likeness (QED) is 0.695. The predicted molar refractivity (Wildman–Crippen MR) is 102 cm³/mol. The minimum absolute atomic E-state index is 0.413. The zero-order valence-corrected chi connectivity index (χ0v) is 15.3. The van der Waals surface area contributed by atoms with Crippen LogP contribution >= 0.6 is 11.8 Å². The van der Waals surface area contributed by atoms with Gasteiger partial charge in [0.25, 0.3) is 0 Å². The van der Waals surface area contributed by atoms with Gasteiger partial charge in [-0.2, -0.15) is 4.98 Å². The number of aromatic nitrogens is 3. The lowest BCUT2D eigenvalue weighted by atomic mass is 10.1. The number of hydrogen-bond acceptors (Lipinski definition) is 7. The van der Waals surface area contributed by atoms with E-state index in [0.717, 1.165) is 28.3 Å². The van der Waals surface area contributed by atoms with Gasteiger partial charge < -0.3 is 14.8 Å². The van der Waals surface area contributed by atoms with Gasteiger partial charge in [0.1, 0.15) is 5.75 Å².